The molecule has 6 rings (SSSR count). The predicted molar refractivity (Wildman–Crippen MR) is 121 cm³/mol. The molecule has 0 radical (unpaired) electrons. The van der Waals surface area contributed by atoms with Crippen molar-refractivity contribution in [3.63, 3.8) is 0 Å². The Kier molecular flexibility index (Phi) is 4.72. The zero-order valence-electron chi connectivity index (χ0n) is 18.5. The molecule has 0 saturated heterocycles. The standard InChI is InChI=1S/C27H27NO4/c1-29-23-9-8-19-13-21-20-15-25-24(31-16-32-25)14-18(20)10-11-28(21)22(26(19)27(23)30-2)12-17-6-4-3-5-7-17/h3-9,14-15,21-22H,10-13,16H2,1-2H3/p+1/t21-,22-/m0/s1. The Bertz CT molecular complexity index is 1160. The molecule has 0 fully saturated rings. The minimum Gasteiger partial charge on any atom is -0.493 e. The summed E-state index contributed by atoms with van der Waals surface area (Å²) in [4.78, 5) is 1.60. The van der Waals surface area contributed by atoms with Crippen molar-refractivity contribution in [2.45, 2.75) is 31.3 Å². The lowest BCUT2D eigenvalue weighted by molar-refractivity contribution is -0.966. The van der Waals surface area contributed by atoms with Gasteiger partial charge in [0.15, 0.2) is 23.0 Å². The van der Waals surface area contributed by atoms with Gasteiger partial charge in [-0.25, -0.2) is 0 Å². The van der Waals surface area contributed by atoms with Crippen LogP contribution < -0.4 is 23.8 Å². The summed E-state index contributed by atoms with van der Waals surface area (Å²) in [5.74, 6) is 3.45. The fourth-order valence-corrected chi connectivity index (χ4v) is 5.89. The Balaban J connectivity index is 1.49. The van der Waals surface area contributed by atoms with E-state index >= 15 is 0 Å². The second kappa shape index (κ2) is 7.75. The van der Waals surface area contributed by atoms with E-state index in [2.05, 4.69) is 48.5 Å². The molecule has 0 bridgehead atoms. The summed E-state index contributed by atoms with van der Waals surface area (Å²) in [7, 11) is 3.47. The molecule has 3 heterocycles. The van der Waals surface area contributed by atoms with Gasteiger partial charge in [-0.15, -0.1) is 0 Å². The van der Waals surface area contributed by atoms with Crippen molar-refractivity contribution in [3.8, 4) is 23.0 Å². The number of ether oxygens (including phenoxy) is 4. The summed E-state index contributed by atoms with van der Waals surface area (Å²) in [5, 5.41) is 0. The number of nitrogens with one attached hydrogen (secondary N) is 1. The van der Waals surface area contributed by atoms with Crippen LogP contribution in [0.1, 0.15) is 39.9 Å². The molecule has 3 atom stereocenters. The Morgan fingerprint density at radius 2 is 1.75 bits per heavy atom. The average Bonchev–Trinajstić information content (AvgIpc) is 3.30. The van der Waals surface area contributed by atoms with Gasteiger partial charge in [-0.05, 0) is 34.9 Å². The van der Waals surface area contributed by atoms with Crippen molar-refractivity contribution >= 4 is 0 Å². The van der Waals surface area contributed by atoms with Crippen LogP contribution in [0.4, 0.5) is 0 Å². The SMILES string of the molecule is COc1ccc2c(c1OC)[C@H](Cc1ccccc1)[NH+]1CCc3cc4c(cc3[C@@H]1C2)OCO4. The van der Waals surface area contributed by atoms with Crippen LogP contribution in [0.15, 0.2) is 54.6 Å². The fraction of sp³-hybridized carbons (Fsp3) is 0.333. The monoisotopic (exact) mass is 430 g/mol. The molecule has 3 aromatic rings. The van der Waals surface area contributed by atoms with Gasteiger partial charge in [0, 0.05) is 24.8 Å². The van der Waals surface area contributed by atoms with Crippen LogP contribution >= 0.6 is 0 Å². The summed E-state index contributed by atoms with van der Waals surface area (Å²) < 4.78 is 23.0. The van der Waals surface area contributed by atoms with E-state index in [0.717, 1.165) is 48.8 Å². The molecular formula is C27H28NO4+. The zero-order valence-corrected chi connectivity index (χ0v) is 18.5. The number of hydrogen-bond acceptors (Lipinski definition) is 4. The van der Waals surface area contributed by atoms with Crippen molar-refractivity contribution < 1.29 is 23.8 Å². The molecule has 0 amide bonds. The molecule has 0 saturated carbocycles. The van der Waals surface area contributed by atoms with E-state index in [4.69, 9.17) is 18.9 Å². The van der Waals surface area contributed by atoms with E-state index in [9.17, 15) is 0 Å². The van der Waals surface area contributed by atoms with Gasteiger partial charge in [0.1, 0.15) is 12.1 Å². The maximum atomic E-state index is 5.94. The lowest BCUT2D eigenvalue weighted by atomic mass is 9.78. The topological polar surface area (TPSA) is 41.4 Å². The third-order valence-electron chi connectivity index (χ3n) is 7.32. The predicted octanol–water partition coefficient (Wildman–Crippen LogP) is 3.45. The highest BCUT2D eigenvalue weighted by Crippen LogP contribution is 2.44. The molecule has 0 spiro atoms. The molecule has 164 valence electrons. The summed E-state index contributed by atoms with van der Waals surface area (Å²) >= 11 is 0. The van der Waals surface area contributed by atoms with E-state index in [1.807, 2.05) is 6.07 Å². The van der Waals surface area contributed by atoms with Gasteiger partial charge < -0.3 is 23.8 Å². The Labute approximate surface area is 188 Å². The highest BCUT2D eigenvalue weighted by molar-refractivity contribution is 5.55. The van der Waals surface area contributed by atoms with E-state index in [-0.39, 0.29) is 6.04 Å². The van der Waals surface area contributed by atoms with Gasteiger partial charge in [0.25, 0.3) is 0 Å². The molecule has 5 nitrogen and oxygen atoms in total. The molecule has 3 aliphatic heterocycles. The van der Waals surface area contributed by atoms with Crippen molar-refractivity contribution in [1.82, 2.24) is 0 Å². The molecule has 1 unspecified atom stereocenters. The van der Waals surface area contributed by atoms with E-state index in [1.165, 1.54) is 27.8 Å². The van der Waals surface area contributed by atoms with Crippen LogP contribution in [0.2, 0.25) is 0 Å². The van der Waals surface area contributed by atoms with E-state index in [1.54, 1.807) is 19.1 Å². The van der Waals surface area contributed by atoms with Gasteiger partial charge in [-0.3, -0.25) is 0 Å². The van der Waals surface area contributed by atoms with Crippen molar-refractivity contribution in [2.24, 2.45) is 0 Å². The summed E-state index contributed by atoms with van der Waals surface area (Å²) in [6.07, 6.45) is 2.97. The van der Waals surface area contributed by atoms with Gasteiger partial charge >= 0.3 is 0 Å². The molecule has 5 heteroatoms. The van der Waals surface area contributed by atoms with E-state index in [0.29, 0.717) is 12.8 Å². The van der Waals surface area contributed by atoms with Gasteiger partial charge in [0.2, 0.25) is 6.79 Å². The Morgan fingerprint density at radius 3 is 2.53 bits per heavy atom. The molecule has 0 aliphatic carbocycles. The van der Waals surface area contributed by atoms with Gasteiger partial charge in [-0.2, -0.15) is 0 Å². The van der Waals surface area contributed by atoms with Gasteiger partial charge in [0.05, 0.1) is 26.3 Å². The second-order valence-electron chi connectivity index (χ2n) is 8.85. The molecule has 3 aromatic carbocycles. The highest BCUT2D eigenvalue weighted by Gasteiger charge is 2.44. The Hall–Kier alpha value is -3.18. The number of fused-ring (bicyclic) bond motifs is 5. The first-order chi connectivity index (χ1) is 15.8. The number of benzene rings is 3. The van der Waals surface area contributed by atoms with Crippen LogP contribution in [0.5, 0.6) is 23.0 Å². The van der Waals surface area contributed by atoms with Gasteiger partial charge in [-0.1, -0.05) is 36.4 Å². The minimum absolute atomic E-state index is 0.287. The first-order valence-corrected chi connectivity index (χ1v) is 11.3. The smallest absolute Gasteiger partial charge is 0.231 e. The lowest BCUT2D eigenvalue weighted by Crippen LogP contribution is -3.14. The molecule has 32 heavy (non-hydrogen) atoms. The van der Waals surface area contributed by atoms with Crippen LogP contribution in [0.3, 0.4) is 0 Å². The quantitative estimate of drug-likeness (QED) is 0.689. The van der Waals surface area contributed by atoms with Crippen LogP contribution in [-0.4, -0.2) is 27.6 Å². The maximum absolute atomic E-state index is 5.94. The van der Waals surface area contributed by atoms with Crippen molar-refractivity contribution in [3.05, 3.63) is 82.4 Å². The normalized spacial score (nSPS) is 22.5. The summed E-state index contributed by atoms with van der Waals surface area (Å²) in [6.45, 7) is 1.39. The summed E-state index contributed by atoms with van der Waals surface area (Å²) in [6, 6.07) is 20.2. The minimum atomic E-state index is 0.287. The highest BCUT2D eigenvalue weighted by atomic mass is 16.7. The summed E-state index contributed by atoms with van der Waals surface area (Å²) in [5.41, 5.74) is 6.78. The first-order valence-electron chi connectivity index (χ1n) is 11.3. The van der Waals surface area contributed by atoms with Crippen LogP contribution in [-0.2, 0) is 19.3 Å². The third-order valence-corrected chi connectivity index (χ3v) is 7.32. The van der Waals surface area contributed by atoms with Crippen LogP contribution in [0.25, 0.3) is 0 Å². The number of methoxy groups -OCH3 is 2. The molecular weight excluding hydrogens is 402 g/mol. The molecule has 0 aromatic heterocycles. The second-order valence-corrected chi connectivity index (χ2v) is 8.85. The van der Waals surface area contributed by atoms with Crippen molar-refractivity contribution in [1.29, 1.82) is 0 Å². The zero-order chi connectivity index (χ0) is 21.7. The number of quaternary nitrogens is 1. The molecule has 1 N–H and O–H groups in total. The number of hydrogen-bond donors (Lipinski definition) is 1. The maximum Gasteiger partial charge on any atom is 0.231 e. The largest absolute Gasteiger partial charge is 0.493 e. The number of rotatable bonds is 4. The molecule has 3 aliphatic rings. The van der Waals surface area contributed by atoms with Crippen molar-refractivity contribution in [2.75, 3.05) is 27.6 Å². The first kappa shape index (κ1) is 19.5. The van der Waals surface area contributed by atoms with Crippen LogP contribution in [0, 0.1) is 0 Å². The Morgan fingerprint density at radius 1 is 0.938 bits per heavy atom. The lowest BCUT2D eigenvalue weighted by Gasteiger charge is -2.44. The third kappa shape index (κ3) is 3.03. The van der Waals surface area contributed by atoms with E-state index < -0.39 is 0 Å². The average molecular weight is 431 g/mol. The fourth-order valence-electron chi connectivity index (χ4n) is 5.89.